The highest BCUT2D eigenvalue weighted by atomic mass is 16.4. The molecule has 1 fully saturated rings. The summed E-state index contributed by atoms with van der Waals surface area (Å²) in [5.74, 6) is 1.31. The number of allylic oxidation sites excluding steroid dienone is 5. The van der Waals surface area contributed by atoms with Gasteiger partial charge in [-0.2, -0.15) is 0 Å². The van der Waals surface area contributed by atoms with Gasteiger partial charge in [-0.1, -0.05) is 12.2 Å². The second-order valence-corrected chi connectivity index (χ2v) is 6.01. The van der Waals surface area contributed by atoms with Gasteiger partial charge in [0, 0.05) is 24.1 Å². The van der Waals surface area contributed by atoms with Crippen LogP contribution in [-0.4, -0.2) is 30.3 Å². The predicted octanol–water partition coefficient (Wildman–Crippen LogP) is 2.32. The van der Waals surface area contributed by atoms with E-state index in [-0.39, 0.29) is 11.8 Å². The van der Waals surface area contributed by atoms with Gasteiger partial charge in [0.2, 0.25) is 5.91 Å². The van der Waals surface area contributed by atoms with Gasteiger partial charge in [0.1, 0.15) is 5.69 Å². The van der Waals surface area contributed by atoms with Crippen LogP contribution >= 0.6 is 0 Å². The summed E-state index contributed by atoms with van der Waals surface area (Å²) in [6.07, 6.45) is 10.7. The summed E-state index contributed by atoms with van der Waals surface area (Å²) in [5, 5.41) is 6.06. The van der Waals surface area contributed by atoms with E-state index in [2.05, 4.69) is 15.6 Å². The van der Waals surface area contributed by atoms with Crippen LogP contribution in [0, 0.1) is 0 Å². The Hall–Kier alpha value is -2.47. The molecular weight excluding hydrogens is 306 g/mol. The van der Waals surface area contributed by atoms with E-state index in [4.69, 9.17) is 4.42 Å². The first kappa shape index (κ1) is 16.4. The highest BCUT2D eigenvalue weighted by Gasteiger charge is 2.24. The Morgan fingerprint density at radius 1 is 1.38 bits per heavy atom. The highest BCUT2D eigenvalue weighted by molar-refractivity contribution is 5.82. The minimum absolute atomic E-state index is 0.121. The minimum atomic E-state index is -0.121. The number of amides is 1. The number of nitrogens with one attached hydrogen (secondary N) is 2. The van der Waals surface area contributed by atoms with E-state index in [1.54, 1.807) is 0 Å². The molecule has 0 spiro atoms. The molecule has 1 saturated heterocycles. The van der Waals surface area contributed by atoms with E-state index in [9.17, 15) is 9.59 Å². The number of aromatic nitrogens is 1. The van der Waals surface area contributed by atoms with Crippen LogP contribution in [0.5, 0.6) is 0 Å². The van der Waals surface area contributed by atoms with E-state index >= 15 is 0 Å². The summed E-state index contributed by atoms with van der Waals surface area (Å²) >= 11 is 0. The molecule has 2 N–H and O–H groups in total. The van der Waals surface area contributed by atoms with Crippen molar-refractivity contribution in [3.63, 3.8) is 0 Å². The third kappa shape index (κ3) is 3.71. The van der Waals surface area contributed by atoms with Gasteiger partial charge in [0.15, 0.2) is 17.9 Å². The molecule has 2 heterocycles. The Kier molecular flexibility index (Phi) is 5.05. The van der Waals surface area contributed by atoms with Crippen LogP contribution in [0.3, 0.4) is 0 Å². The first-order valence-electron chi connectivity index (χ1n) is 8.19. The molecule has 1 aliphatic carbocycles. The van der Waals surface area contributed by atoms with Crippen molar-refractivity contribution in [2.75, 3.05) is 13.1 Å². The van der Waals surface area contributed by atoms with Crippen molar-refractivity contribution in [3.05, 3.63) is 47.3 Å². The number of piperidine rings is 1. The van der Waals surface area contributed by atoms with Crippen molar-refractivity contribution in [1.29, 1.82) is 0 Å². The van der Waals surface area contributed by atoms with Gasteiger partial charge in [0.25, 0.3) is 0 Å². The fourth-order valence-corrected chi connectivity index (χ4v) is 2.98. The van der Waals surface area contributed by atoms with Crippen molar-refractivity contribution in [3.8, 4) is 0 Å². The van der Waals surface area contributed by atoms with Crippen molar-refractivity contribution >= 4 is 17.8 Å². The zero-order chi connectivity index (χ0) is 16.9. The molecule has 126 valence electrons. The number of rotatable bonds is 4. The maximum Gasteiger partial charge on any atom is 0.221 e. The van der Waals surface area contributed by atoms with Gasteiger partial charge < -0.3 is 15.1 Å². The predicted molar refractivity (Wildman–Crippen MR) is 90.4 cm³/mol. The molecular formula is C18H21N3O3. The average Bonchev–Trinajstić information content (AvgIpc) is 2.89. The van der Waals surface area contributed by atoms with E-state index in [1.165, 1.54) is 6.92 Å². The molecule has 6 heteroatoms. The third-order valence-corrected chi connectivity index (χ3v) is 4.18. The molecule has 24 heavy (non-hydrogen) atoms. The Balaban J connectivity index is 1.88. The molecule has 0 aromatic carbocycles. The fraction of sp³-hybridized carbons (Fsp3) is 0.389. The number of carbonyl (C=O) groups is 2. The summed E-state index contributed by atoms with van der Waals surface area (Å²) in [6.45, 7) is 3.34. The van der Waals surface area contributed by atoms with Crippen LogP contribution in [-0.2, 0) is 4.79 Å². The zero-order valence-electron chi connectivity index (χ0n) is 13.7. The highest BCUT2D eigenvalue weighted by Crippen LogP contribution is 2.31. The summed E-state index contributed by atoms with van der Waals surface area (Å²) in [4.78, 5) is 27.0. The number of hydrogen-bond donors (Lipinski definition) is 2. The molecule has 2 aliphatic rings. The van der Waals surface area contributed by atoms with E-state index in [0.717, 1.165) is 37.8 Å². The SMILES string of the molecule is CC(=O)NC1=CC=C(c2oc(C3CCNCC3)nc2C=O)CC=C1. The normalized spacial score (nSPS) is 18.5. The molecule has 1 aromatic rings. The lowest BCUT2D eigenvalue weighted by Crippen LogP contribution is -2.26. The van der Waals surface area contributed by atoms with Crippen LogP contribution < -0.4 is 10.6 Å². The maximum atomic E-state index is 11.4. The third-order valence-electron chi connectivity index (χ3n) is 4.18. The van der Waals surface area contributed by atoms with Crippen molar-refractivity contribution in [2.45, 2.75) is 32.1 Å². The van der Waals surface area contributed by atoms with Crippen LogP contribution in [0.2, 0.25) is 0 Å². The lowest BCUT2D eigenvalue weighted by Gasteiger charge is -2.19. The summed E-state index contributed by atoms with van der Waals surface area (Å²) < 4.78 is 5.97. The lowest BCUT2D eigenvalue weighted by atomic mass is 9.98. The first-order chi connectivity index (χ1) is 11.7. The largest absolute Gasteiger partial charge is 0.440 e. The summed E-state index contributed by atoms with van der Waals surface area (Å²) in [5.41, 5.74) is 1.93. The van der Waals surface area contributed by atoms with Crippen LogP contribution in [0.25, 0.3) is 5.57 Å². The second-order valence-electron chi connectivity index (χ2n) is 6.01. The molecule has 0 bridgehead atoms. The summed E-state index contributed by atoms with van der Waals surface area (Å²) in [7, 11) is 0. The number of nitrogens with zero attached hydrogens (tertiary/aromatic N) is 1. The first-order valence-corrected chi connectivity index (χ1v) is 8.19. The second kappa shape index (κ2) is 7.40. The van der Waals surface area contributed by atoms with Gasteiger partial charge in [-0.15, -0.1) is 0 Å². The van der Waals surface area contributed by atoms with Gasteiger partial charge in [-0.05, 0) is 44.5 Å². The number of carbonyl (C=O) groups excluding carboxylic acids is 2. The maximum absolute atomic E-state index is 11.4. The molecule has 0 saturated carbocycles. The van der Waals surface area contributed by atoms with Crippen molar-refractivity contribution < 1.29 is 14.0 Å². The summed E-state index contributed by atoms with van der Waals surface area (Å²) in [6, 6.07) is 0. The van der Waals surface area contributed by atoms with E-state index in [1.807, 2.05) is 24.3 Å². The van der Waals surface area contributed by atoms with Gasteiger partial charge in [-0.3, -0.25) is 9.59 Å². The monoisotopic (exact) mass is 327 g/mol. The quantitative estimate of drug-likeness (QED) is 0.829. The number of oxazole rings is 1. The number of aldehydes is 1. The Bertz CT molecular complexity index is 722. The van der Waals surface area contributed by atoms with Gasteiger partial charge in [-0.25, -0.2) is 4.98 Å². The fourth-order valence-electron chi connectivity index (χ4n) is 2.98. The van der Waals surface area contributed by atoms with Gasteiger partial charge in [0.05, 0.1) is 0 Å². The van der Waals surface area contributed by atoms with Gasteiger partial charge >= 0.3 is 0 Å². The Morgan fingerprint density at radius 3 is 2.88 bits per heavy atom. The molecule has 3 rings (SSSR count). The van der Waals surface area contributed by atoms with Crippen LogP contribution in [0.15, 0.2) is 34.4 Å². The Morgan fingerprint density at radius 2 is 2.17 bits per heavy atom. The molecule has 0 radical (unpaired) electrons. The molecule has 6 nitrogen and oxygen atoms in total. The average molecular weight is 327 g/mol. The topological polar surface area (TPSA) is 84.2 Å². The van der Waals surface area contributed by atoms with Crippen LogP contribution in [0.4, 0.5) is 0 Å². The van der Waals surface area contributed by atoms with Crippen LogP contribution in [0.1, 0.15) is 54.2 Å². The lowest BCUT2D eigenvalue weighted by molar-refractivity contribution is -0.118. The molecule has 0 unspecified atom stereocenters. The van der Waals surface area contributed by atoms with E-state index in [0.29, 0.717) is 29.5 Å². The zero-order valence-corrected chi connectivity index (χ0v) is 13.7. The molecule has 1 aromatic heterocycles. The molecule has 1 aliphatic heterocycles. The Labute approximate surface area is 140 Å². The molecule has 0 atom stereocenters. The minimum Gasteiger partial charge on any atom is -0.440 e. The van der Waals surface area contributed by atoms with E-state index < -0.39 is 0 Å². The molecule has 1 amide bonds. The van der Waals surface area contributed by atoms with Crippen molar-refractivity contribution in [2.24, 2.45) is 0 Å². The standard InChI is InChI=1S/C18H21N3O3/c1-12(23)20-15-4-2-3-13(5-6-15)17-16(11-22)21-18(24-17)14-7-9-19-10-8-14/h2,4-6,11,14,19H,3,7-10H2,1H3,(H,20,23). The smallest absolute Gasteiger partial charge is 0.221 e. The van der Waals surface area contributed by atoms with Crippen molar-refractivity contribution in [1.82, 2.24) is 15.6 Å². The number of hydrogen-bond acceptors (Lipinski definition) is 5.